The van der Waals surface area contributed by atoms with Crippen molar-refractivity contribution in [2.24, 2.45) is 7.05 Å². The molecular formula is C12H20N2O2. The summed E-state index contributed by atoms with van der Waals surface area (Å²) in [5.41, 5.74) is 0.744. The molecule has 4 nitrogen and oxygen atoms in total. The summed E-state index contributed by atoms with van der Waals surface area (Å²) in [4.78, 5) is 0. The topological polar surface area (TPSA) is 47.3 Å². The van der Waals surface area contributed by atoms with Crippen LogP contribution in [0.4, 0.5) is 0 Å². The lowest BCUT2D eigenvalue weighted by molar-refractivity contribution is -0.0971. The second-order valence-electron chi connectivity index (χ2n) is 4.72. The largest absolute Gasteiger partial charge is 0.390 e. The normalized spacial score (nSPS) is 21.2. The highest BCUT2D eigenvalue weighted by Gasteiger charge is 2.40. The molecule has 1 aromatic rings. The molecule has 0 amide bonds. The van der Waals surface area contributed by atoms with Gasteiger partial charge in [0, 0.05) is 26.8 Å². The number of methoxy groups -OCH3 is 1. The van der Waals surface area contributed by atoms with Crippen LogP contribution in [0.2, 0.25) is 0 Å². The van der Waals surface area contributed by atoms with E-state index in [1.807, 2.05) is 19.4 Å². The van der Waals surface area contributed by atoms with Crippen LogP contribution in [-0.2, 0) is 18.2 Å². The predicted octanol–water partition coefficient (Wildman–Crippen LogP) is 1.28. The quantitative estimate of drug-likeness (QED) is 0.838. The Morgan fingerprint density at radius 3 is 2.75 bits per heavy atom. The van der Waals surface area contributed by atoms with Crippen LogP contribution in [0.25, 0.3) is 0 Å². The van der Waals surface area contributed by atoms with E-state index in [1.54, 1.807) is 11.8 Å². The molecule has 1 aliphatic rings. The third-order valence-corrected chi connectivity index (χ3v) is 3.65. The van der Waals surface area contributed by atoms with Gasteiger partial charge in [-0.15, -0.1) is 0 Å². The van der Waals surface area contributed by atoms with E-state index < -0.39 is 6.10 Å². The number of aryl methyl sites for hydroxylation is 1. The maximum absolute atomic E-state index is 10.3. The van der Waals surface area contributed by atoms with Crippen LogP contribution in [-0.4, -0.2) is 33.7 Å². The molecule has 1 N–H and O–H groups in total. The van der Waals surface area contributed by atoms with E-state index >= 15 is 0 Å². The van der Waals surface area contributed by atoms with Gasteiger partial charge in [-0.2, -0.15) is 5.10 Å². The second kappa shape index (κ2) is 4.55. The van der Waals surface area contributed by atoms with E-state index in [0.717, 1.165) is 31.2 Å². The molecule has 1 fully saturated rings. The number of rotatable bonds is 4. The summed E-state index contributed by atoms with van der Waals surface area (Å²) in [5, 5.41) is 14.4. The molecule has 0 bridgehead atoms. The van der Waals surface area contributed by atoms with Crippen molar-refractivity contribution in [3.8, 4) is 0 Å². The van der Waals surface area contributed by atoms with E-state index in [-0.39, 0.29) is 5.60 Å². The predicted molar refractivity (Wildman–Crippen MR) is 61.1 cm³/mol. The van der Waals surface area contributed by atoms with Gasteiger partial charge >= 0.3 is 0 Å². The second-order valence-corrected chi connectivity index (χ2v) is 4.72. The lowest BCUT2D eigenvalue weighted by Crippen LogP contribution is -2.42. The van der Waals surface area contributed by atoms with Crippen LogP contribution in [0.5, 0.6) is 0 Å². The summed E-state index contributed by atoms with van der Waals surface area (Å²) >= 11 is 0. The van der Waals surface area contributed by atoms with Crippen molar-refractivity contribution in [2.45, 2.75) is 43.8 Å². The van der Waals surface area contributed by atoms with E-state index in [9.17, 15) is 5.11 Å². The average Bonchev–Trinajstić information content (AvgIpc) is 2.88. The van der Waals surface area contributed by atoms with Gasteiger partial charge in [0.2, 0.25) is 0 Å². The molecule has 90 valence electrons. The highest BCUT2D eigenvalue weighted by Crippen LogP contribution is 2.36. The minimum atomic E-state index is -0.427. The van der Waals surface area contributed by atoms with Gasteiger partial charge in [0.15, 0.2) is 0 Å². The van der Waals surface area contributed by atoms with Crippen molar-refractivity contribution in [1.82, 2.24) is 9.78 Å². The molecule has 1 saturated carbocycles. The van der Waals surface area contributed by atoms with Gasteiger partial charge in [-0.05, 0) is 18.4 Å². The SMILES string of the molecule is COC1(C(O)Cc2cnn(C)c2)CCCC1. The molecule has 1 aromatic heterocycles. The van der Waals surface area contributed by atoms with Crippen LogP contribution < -0.4 is 0 Å². The number of hydrogen-bond acceptors (Lipinski definition) is 3. The minimum absolute atomic E-state index is 0.324. The maximum atomic E-state index is 10.3. The summed E-state index contributed by atoms with van der Waals surface area (Å²) in [6, 6.07) is 0. The third kappa shape index (κ3) is 2.13. The number of aromatic nitrogens is 2. The molecular weight excluding hydrogens is 204 g/mol. The van der Waals surface area contributed by atoms with Gasteiger partial charge in [-0.1, -0.05) is 12.8 Å². The van der Waals surface area contributed by atoms with Gasteiger partial charge in [0.1, 0.15) is 0 Å². The van der Waals surface area contributed by atoms with Crippen LogP contribution in [0, 0.1) is 0 Å². The van der Waals surface area contributed by atoms with Gasteiger partial charge in [0.05, 0.1) is 17.9 Å². The van der Waals surface area contributed by atoms with Crippen LogP contribution in [0.15, 0.2) is 12.4 Å². The Kier molecular flexibility index (Phi) is 3.30. The Morgan fingerprint density at radius 1 is 1.56 bits per heavy atom. The molecule has 0 spiro atoms. The molecule has 4 heteroatoms. The maximum Gasteiger partial charge on any atom is 0.0939 e. The minimum Gasteiger partial charge on any atom is -0.390 e. The highest BCUT2D eigenvalue weighted by molar-refractivity contribution is 5.08. The zero-order chi connectivity index (χ0) is 11.6. The van der Waals surface area contributed by atoms with Crippen molar-refractivity contribution in [1.29, 1.82) is 0 Å². The first-order valence-corrected chi connectivity index (χ1v) is 5.87. The van der Waals surface area contributed by atoms with Gasteiger partial charge < -0.3 is 9.84 Å². The monoisotopic (exact) mass is 224 g/mol. The van der Waals surface area contributed by atoms with Gasteiger partial charge in [0.25, 0.3) is 0 Å². The molecule has 16 heavy (non-hydrogen) atoms. The number of aliphatic hydroxyl groups is 1. The lowest BCUT2D eigenvalue weighted by Gasteiger charge is -2.32. The molecule has 2 rings (SSSR count). The smallest absolute Gasteiger partial charge is 0.0939 e. The Balaban J connectivity index is 2.03. The van der Waals surface area contributed by atoms with Gasteiger partial charge in [-0.25, -0.2) is 0 Å². The molecule has 1 aliphatic carbocycles. The summed E-state index contributed by atoms with van der Waals surface area (Å²) in [7, 11) is 3.59. The molecule has 0 aliphatic heterocycles. The lowest BCUT2D eigenvalue weighted by atomic mass is 9.90. The van der Waals surface area contributed by atoms with Crippen LogP contribution in [0.3, 0.4) is 0 Å². The van der Waals surface area contributed by atoms with E-state index in [2.05, 4.69) is 5.10 Å². The number of nitrogens with zero attached hydrogens (tertiary/aromatic N) is 2. The fraction of sp³-hybridized carbons (Fsp3) is 0.750. The van der Waals surface area contributed by atoms with Crippen LogP contribution in [0.1, 0.15) is 31.2 Å². The van der Waals surface area contributed by atoms with E-state index in [4.69, 9.17) is 4.74 Å². The molecule has 1 atom stereocenters. The number of hydrogen-bond donors (Lipinski definition) is 1. The van der Waals surface area contributed by atoms with Crippen molar-refractivity contribution < 1.29 is 9.84 Å². The highest BCUT2D eigenvalue weighted by atomic mass is 16.5. The van der Waals surface area contributed by atoms with Crippen molar-refractivity contribution >= 4 is 0 Å². The van der Waals surface area contributed by atoms with E-state index in [1.165, 1.54) is 0 Å². The first-order valence-electron chi connectivity index (χ1n) is 5.87. The summed E-state index contributed by atoms with van der Waals surface area (Å²) in [5.74, 6) is 0. The Morgan fingerprint density at radius 2 is 2.25 bits per heavy atom. The zero-order valence-corrected chi connectivity index (χ0v) is 10.0. The summed E-state index contributed by atoms with van der Waals surface area (Å²) < 4.78 is 7.32. The molecule has 0 saturated heterocycles. The van der Waals surface area contributed by atoms with Gasteiger partial charge in [-0.3, -0.25) is 4.68 Å². The van der Waals surface area contributed by atoms with Crippen molar-refractivity contribution in [3.63, 3.8) is 0 Å². The zero-order valence-electron chi connectivity index (χ0n) is 10.0. The molecule has 0 radical (unpaired) electrons. The van der Waals surface area contributed by atoms with Crippen molar-refractivity contribution in [2.75, 3.05) is 7.11 Å². The van der Waals surface area contributed by atoms with E-state index in [0.29, 0.717) is 6.42 Å². The Hall–Kier alpha value is -0.870. The summed E-state index contributed by atoms with van der Waals surface area (Å²) in [6.45, 7) is 0. The third-order valence-electron chi connectivity index (χ3n) is 3.65. The van der Waals surface area contributed by atoms with Crippen molar-refractivity contribution in [3.05, 3.63) is 18.0 Å². The average molecular weight is 224 g/mol. The first-order chi connectivity index (χ1) is 7.66. The van der Waals surface area contributed by atoms with Crippen LogP contribution >= 0.6 is 0 Å². The Bertz CT molecular complexity index is 343. The fourth-order valence-corrected chi connectivity index (χ4v) is 2.63. The molecule has 0 aromatic carbocycles. The molecule has 1 heterocycles. The summed E-state index contributed by atoms with van der Waals surface area (Å²) in [6.07, 6.45) is 8.18. The number of ether oxygens (including phenoxy) is 1. The number of aliphatic hydroxyl groups excluding tert-OH is 1. The first kappa shape index (κ1) is 11.6. The molecule has 1 unspecified atom stereocenters. The standard InChI is InChI=1S/C12H20N2O2/c1-14-9-10(8-13-14)7-11(15)12(16-2)5-3-4-6-12/h8-9,11,15H,3-7H2,1-2H3. The Labute approximate surface area is 96.2 Å². The fourth-order valence-electron chi connectivity index (χ4n) is 2.63.